The molecule has 0 aliphatic carbocycles. The molecule has 0 saturated carbocycles. The molecule has 4 atom stereocenters. The average molecular weight is 218 g/mol. The van der Waals surface area contributed by atoms with Crippen molar-refractivity contribution in [2.75, 3.05) is 19.0 Å². The molecule has 14 heavy (non-hydrogen) atoms. The van der Waals surface area contributed by atoms with Crippen molar-refractivity contribution < 1.29 is 0 Å². The van der Waals surface area contributed by atoms with E-state index in [1.807, 2.05) is 0 Å². The van der Waals surface area contributed by atoms with Crippen molar-refractivity contribution in [3.63, 3.8) is 0 Å². The molecule has 0 radical (unpaired) electrons. The van der Waals surface area contributed by atoms with Gasteiger partial charge < -0.3 is 0 Å². The predicted octanol–water partition coefficient (Wildman–Crippen LogP) is 3.23. The molecule has 4 unspecified atom stereocenters. The number of halogens is 1. The molecular formula is C12H24ClN. The maximum atomic E-state index is 5.87. The molecule has 0 aromatic carbocycles. The summed E-state index contributed by atoms with van der Waals surface area (Å²) in [7, 11) is 0. The first-order valence-corrected chi connectivity index (χ1v) is 6.38. The third kappa shape index (κ3) is 3.13. The number of hydrogen-bond acceptors (Lipinski definition) is 1. The Morgan fingerprint density at radius 3 is 2.57 bits per heavy atom. The van der Waals surface area contributed by atoms with Gasteiger partial charge in [-0.25, -0.2) is 0 Å². The standard InChI is InChI=1S/C12H24ClN/c1-9-5-11(3)12(4)14(7-9)8-10(2)6-13/h9-12H,5-8H2,1-4H3. The largest absolute Gasteiger partial charge is 0.300 e. The Morgan fingerprint density at radius 1 is 1.36 bits per heavy atom. The van der Waals surface area contributed by atoms with Gasteiger partial charge in [0, 0.05) is 25.0 Å². The Bertz CT molecular complexity index is 172. The highest BCUT2D eigenvalue weighted by Gasteiger charge is 2.28. The quantitative estimate of drug-likeness (QED) is 0.657. The Kier molecular flexibility index (Phi) is 4.72. The van der Waals surface area contributed by atoms with Gasteiger partial charge in [-0.05, 0) is 31.1 Å². The van der Waals surface area contributed by atoms with Crippen LogP contribution in [0, 0.1) is 17.8 Å². The van der Waals surface area contributed by atoms with Crippen LogP contribution in [0.15, 0.2) is 0 Å². The van der Waals surface area contributed by atoms with E-state index >= 15 is 0 Å². The van der Waals surface area contributed by atoms with Crippen LogP contribution in [-0.4, -0.2) is 29.9 Å². The van der Waals surface area contributed by atoms with Crippen molar-refractivity contribution in [2.24, 2.45) is 17.8 Å². The summed E-state index contributed by atoms with van der Waals surface area (Å²) in [6, 6.07) is 0.733. The van der Waals surface area contributed by atoms with E-state index in [1.54, 1.807) is 0 Å². The maximum absolute atomic E-state index is 5.87. The van der Waals surface area contributed by atoms with Crippen molar-refractivity contribution >= 4 is 11.6 Å². The molecule has 0 N–H and O–H groups in total. The Hall–Kier alpha value is 0.250. The highest BCUT2D eigenvalue weighted by atomic mass is 35.5. The second kappa shape index (κ2) is 5.37. The summed E-state index contributed by atoms with van der Waals surface area (Å²) in [6.45, 7) is 11.8. The van der Waals surface area contributed by atoms with Crippen molar-refractivity contribution in [3.05, 3.63) is 0 Å². The lowest BCUT2D eigenvalue weighted by Crippen LogP contribution is -2.47. The second-order valence-electron chi connectivity index (χ2n) is 5.27. The summed E-state index contributed by atoms with van der Waals surface area (Å²) >= 11 is 5.87. The lowest BCUT2D eigenvalue weighted by Gasteiger charge is -2.42. The molecule has 0 aromatic heterocycles. The summed E-state index contributed by atoms with van der Waals surface area (Å²) in [5, 5.41) is 0. The molecule has 1 aliphatic rings. The zero-order valence-corrected chi connectivity index (χ0v) is 10.7. The van der Waals surface area contributed by atoms with Crippen LogP contribution >= 0.6 is 11.6 Å². The predicted molar refractivity (Wildman–Crippen MR) is 63.9 cm³/mol. The van der Waals surface area contributed by atoms with E-state index in [-0.39, 0.29) is 0 Å². The first-order chi connectivity index (χ1) is 6.54. The minimum atomic E-state index is 0.622. The minimum absolute atomic E-state index is 0.622. The van der Waals surface area contributed by atoms with E-state index in [1.165, 1.54) is 19.5 Å². The molecular weight excluding hydrogens is 194 g/mol. The van der Waals surface area contributed by atoms with Gasteiger partial charge in [-0.15, -0.1) is 11.6 Å². The fourth-order valence-electron chi connectivity index (χ4n) is 2.52. The number of nitrogens with zero attached hydrogens (tertiary/aromatic N) is 1. The van der Waals surface area contributed by atoms with Gasteiger partial charge in [0.05, 0.1) is 0 Å². The van der Waals surface area contributed by atoms with Gasteiger partial charge in [-0.1, -0.05) is 20.8 Å². The zero-order valence-electron chi connectivity index (χ0n) is 9.96. The van der Waals surface area contributed by atoms with E-state index in [4.69, 9.17) is 11.6 Å². The first-order valence-electron chi connectivity index (χ1n) is 5.84. The molecule has 1 saturated heterocycles. The normalized spacial score (nSPS) is 37.1. The number of likely N-dealkylation sites (tertiary alicyclic amines) is 1. The molecule has 0 spiro atoms. The summed E-state index contributed by atoms with van der Waals surface area (Å²) in [5.41, 5.74) is 0. The van der Waals surface area contributed by atoms with Crippen LogP contribution in [0.25, 0.3) is 0 Å². The van der Waals surface area contributed by atoms with Gasteiger partial charge in [-0.3, -0.25) is 4.90 Å². The van der Waals surface area contributed by atoms with Crippen LogP contribution in [0.3, 0.4) is 0 Å². The van der Waals surface area contributed by atoms with Crippen LogP contribution in [0.2, 0.25) is 0 Å². The molecule has 1 rings (SSSR count). The molecule has 0 amide bonds. The fourth-order valence-corrected chi connectivity index (χ4v) is 2.62. The van der Waals surface area contributed by atoms with E-state index in [0.29, 0.717) is 5.92 Å². The molecule has 1 fully saturated rings. The first kappa shape index (κ1) is 12.3. The average Bonchev–Trinajstić information content (AvgIpc) is 2.13. The van der Waals surface area contributed by atoms with Crippen LogP contribution < -0.4 is 0 Å². The Balaban J connectivity index is 2.49. The summed E-state index contributed by atoms with van der Waals surface area (Å²) < 4.78 is 0. The van der Waals surface area contributed by atoms with Crippen LogP contribution in [-0.2, 0) is 0 Å². The fraction of sp³-hybridized carbons (Fsp3) is 1.00. The van der Waals surface area contributed by atoms with Gasteiger partial charge in [0.2, 0.25) is 0 Å². The van der Waals surface area contributed by atoms with E-state index in [2.05, 4.69) is 32.6 Å². The monoisotopic (exact) mass is 217 g/mol. The SMILES string of the molecule is CC(CCl)CN1CC(C)CC(C)C1C. The third-order valence-corrected chi connectivity index (χ3v) is 4.06. The van der Waals surface area contributed by atoms with Crippen LogP contribution in [0.5, 0.6) is 0 Å². The van der Waals surface area contributed by atoms with Crippen molar-refractivity contribution in [1.29, 1.82) is 0 Å². The Labute approximate surface area is 93.8 Å². The number of rotatable bonds is 3. The smallest absolute Gasteiger partial charge is 0.0261 e. The molecule has 0 bridgehead atoms. The number of alkyl halides is 1. The Morgan fingerprint density at radius 2 is 2.00 bits per heavy atom. The van der Waals surface area contributed by atoms with Gasteiger partial charge in [0.15, 0.2) is 0 Å². The number of piperidine rings is 1. The zero-order chi connectivity index (χ0) is 10.7. The van der Waals surface area contributed by atoms with E-state index in [9.17, 15) is 0 Å². The van der Waals surface area contributed by atoms with Gasteiger partial charge in [0.1, 0.15) is 0 Å². The minimum Gasteiger partial charge on any atom is -0.300 e. The lowest BCUT2D eigenvalue weighted by molar-refractivity contribution is 0.0696. The lowest BCUT2D eigenvalue weighted by atomic mass is 9.85. The van der Waals surface area contributed by atoms with E-state index < -0.39 is 0 Å². The van der Waals surface area contributed by atoms with Crippen LogP contribution in [0.1, 0.15) is 34.1 Å². The summed E-state index contributed by atoms with van der Waals surface area (Å²) in [4.78, 5) is 2.62. The van der Waals surface area contributed by atoms with Gasteiger partial charge >= 0.3 is 0 Å². The van der Waals surface area contributed by atoms with Crippen LogP contribution in [0.4, 0.5) is 0 Å². The van der Waals surface area contributed by atoms with Gasteiger partial charge in [-0.2, -0.15) is 0 Å². The van der Waals surface area contributed by atoms with E-state index in [0.717, 1.165) is 23.8 Å². The third-order valence-electron chi connectivity index (χ3n) is 3.53. The molecule has 1 heterocycles. The molecule has 84 valence electrons. The second-order valence-corrected chi connectivity index (χ2v) is 5.58. The maximum Gasteiger partial charge on any atom is 0.0261 e. The molecule has 2 heteroatoms. The molecule has 1 aliphatic heterocycles. The summed E-state index contributed by atoms with van der Waals surface area (Å²) in [5.74, 6) is 3.09. The molecule has 1 nitrogen and oxygen atoms in total. The van der Waals surface area contributed by atoms with Crippen molar-refractivity contribution in [2.45, 2.75) is 40.2 Å². The molecule has 0 aromatic rings. The van der Waals surface area contributed by atoms with Crippen molar-refractivity contribution in [1.82, 2.24) is 4.90 Å². The topological polar surface area (TPSA) is 3.24 Å². The number of hydrogen-bond donors (Lipinski definition) is 0. The summed E-state index contributed by atoms with van der Waals surface area (Å²) in [6.07, 6.45) is 1.38. The van der Waals surface area contributed by atoms with Gasteiger partial charge in [0.25, 0.3) is 0 Å². The highest BCUT2D eigenvalue weighted by molar-refractivity contribution is 6.18. The van der Waals surface area contributed by atoms with Crippen molar-refractivity contribution in [3.8, 4) is 0 Å². The highest BCUT2D eigenvalue weighted by Crippen LogP contribution is 2.27.